The third-order valence-corrected chi connectivity index (χ3v) is 1.11. The summed E-state index contributed by atoms with van der Waals surface area (Å²) in [5, 5.41) is 8.50. The number of aliphatic carboxylic acids is 1. The molecule has 5 heteroatoms. The van der Waals surface area contributed by atoms with Crippen molar-refractivity contribution in [3.05, 3.63) is 12.2 Å². The van der Waals surface area contributed by atoms with Crippen LogP contribution in [0.3, 0.4) is 0 Å². The van der Waals surface area contributed by atoms with Crippen LogP contribution in [0.2, 0.25) is 0 Å². The van der Waals surface area contributed by atoms with E-state index in [0.29, 0.717) is 0 Å². The van der Waals surface area contributed by atoms with E-state index in [-0.39, 0.29) is 19.0 Å². The van der Waals surface area contributed by atoms with E-state index in [2.05, 4.69) is 0 Å². The van der Waals surface area contributed by atoms with Crippen molar-refractivity contribution in [2.24, 2.45) is 11.5 Å². The van der Waals surface area contributed by atoms with Gasteiger partial charge in [0.05, 0.1) is 0 Å². The molecule has 0 fully saturated rings. The number of rotatable bonds is 3. The Kier molecular flexibility index (Phi) is 6.34. The predicted octanol–water partition coefficient (Wildman–Crippen LogP) is -0.662. The Hall–Kier alpha value is -1.02. The fourth-order valence-corrected chi connectivity index (χ4v) is 0.435. The molecule has 68 valence electrons. The number of hydrogen-bond acceptors (Lipinski definition) is 3. The van der Waals surface area contributed by atoms with Crippen molar-refractivity contribution >= 4 is 18.4 Å². The zero-order chi connectivity index (χ0) is 8.91. The van der Waals surface area contributed by atoms with Crippen molar-refractivity contribution in [2.45, 2.75) is 5.54 Å². The van der Waals surface area contributed by atoms with Gasteiger partial charge >= 0.3 is 5.97 Å². The number of carboxylic acid groups (broad SMARTS) is 1. The average Bonchev–Trinajstić information content (AvgIpc) is 2.00. The molecule has 0 amide bonds. The van der Waals surface area contributed by atoms with Crippen molar-refractivity contribution in [3.8, 4) is 12.3 Å². The molecule has 0 spiro atoms. The number of carboxylic acids is 1. The summed E-state index contributed by atoms with van der Waals surface area (Å²) < 4.78 is 0. The summed E-state index contributed by atoms with van der Waals surface area (Å²) >= 11 is 0. The SMILES string of the molecule is C#CC(N)(C=CCN)C(=O)O.Cl. The highest BCUT2D eigenvalue weighted by Crippen LogP contribution is 2.00. The minimum Gasteiger partial charge on any atom is -0.479 e. The molecule has 0 saturated heterocycles. The molecule has 0 saturated carbocycles. The highest BCUT2D eigenvalue weighted by atomic mass is 35.5. The molecule has 0 aromatic rings. The van der Waals surface area contributed by atoms with Gasteiger partial charge in [-0.3, -0.25) is 0 Å². The van der Waals surface area contributed by atoms with Crippen LogP contribution in [0.4, 0.5) is 0 Å². The van der Waals surface area contributed by atoms with E-state index >= 15 is 0 Å². The topological polar surface area (TPSA) is 89.3 Å². The molecule has 0 heterocycles. The predicted molar refractivity (Wildman–Crippen MR) is 48.8 cm³/mol. The minimum atomic E-state index is -1.72. The van der Waals surface area contributed by atoms with Crippen LogP contribution in [0.5, 0.6) is 0 Å². The normalized spacial score (nSPS) is 14.4. The maximum Gasteiger partial charge on any atom is 0.340 e. The smallest absolute Gasteiger partial charge is 0.340 e. The van der Waals surface area contributed by atoms with Gasteiger partial charge in [0.25, 0.3) is 0 Å². The molecule has 1 atom stereocenters. The Bertz CT molecular complexity index is 222. The van der Waals surface area contributed by atoms with Crippen molar-refractivity contribution in [3.63, 3.8) is 0 Å². The average molecular weight is 191 g/mol. The van der Waals surface area contributed by atoms with Crippen molar-refractivity contribution < 1.29 is 9.90 Å². The maximum atomic E-state index is 10.4. The van der Waals surface area contributed by atoms with E-state index in [9.17, 15) is 4.79 Å². The molecule has 0 aliphatic heterocycles. The number of hydrogen-bond donors (Lipinski definition) is 3. The molecule has 0 bridgehead atoms. The van der Waals surface area contributed by atoms with Gasteiger partial charge in [0.2, 0.25) is 0 Å². The highest BCUT2D eigenvalue weighted by Gasteiger charge is 2.27. The van der Waals surface area contributed by atoms with Gasteiger partial charge in [0.15, 0.2) is 5.54 Å². The molecular weight excluding hydrogens is 180 g/mol. The zero-order valence-electron chi connectivity index (χ0n) is 6.36. The minimum absolute atomic E-state index is 0. The first-order chi connectivity index (χ1) is 5.06. The summed E-state index contributed by atoms with van der Waals surface area (Å²) in [6, 6.07) is 0. The van der Waals surface area contributed by atoms with Crippen LogP contribution in [0.1, 0.15) is 0 Å². The summed E-state index contributed by atoms with van der Waals surface area (Å²) in [5.41, 5.74) is 8.61. The monoisotopic (exact) mass is 190 g/mol. The van der Waals surface area contributed by atoms with Crippen molar-refractivity contribution in [1.29, 1.82) is 0 Å². The first-order valence-corrected chi connectivity index (χ1v) is 2.94. The van der Waals surface area contributed by atoms with Crippen LogP contribution in [0.25, 0.3) is 0 Å². The molecule has 0 aliphatic carbocycles. The molecular formula is C7H11ClN2O2. The lowest BCUT2D eigenvalue weighted by Gasteiger charge is -2.11. The first kappa shape index (κ1) is 13.6. The molecule has 1 unspecified atom stereocenters. The van der Waals surface area contributed by atoms with Gasteiger partial charge in [-0.15, -0.1) is 18.8 Å². The van der Waals surface area contributed by atoms with E-state index in [1.54, 1.807) is 0 Å². The molecule has 0 aromatic carbocycles. The first-order valence-electron chi connectivity index (χ1n) is 2.94. The van der Waals surface area contributed by atoms with Crippen LogP contribution in [0.15, 0.2) is 12.2 Å². The molecule has 0 aromatic heterocycles. The largest absolute Gasteiger partial charge is 0.479 e. The van der Waals surface area contributed by atoms with Crippen molar-refractivity contribution in [2.75, 3.05) is 6.54 Å². The van der Waals surface area contributed by atoms with Gasteiger partial charge in [0.1, 0.15) is 0 Å². The van der Waals surface area contributed by atoms with E-state index in [1.165, 1.54) is 12.2 Å². The standard InChI is InChI=1S/C7H10N2O2.ClH/c1-2-7(9,6(10)11)4-3-5-8;/h1,3-4H,5,8-9H2,(H,10,11);1H. The lowest BCUT2D eigenvalue weighted by Crippen LogP contribution is -2.44. The molecule has 0 aliphatic rings. The Labute approximate surface area is 77.0 Å². The van der Waals surface area contributed by atoms with Gasteiger partial charge in [-0.05, 0) is 6.08 Å². The lowest BCUT2D eigenvalue weighted by molar-refractivity contribution is -0.139. The van der Waals surface area contributed by atoms with Crippen LogP contribution in [-0.4, -0.2) is 23.2 Å². The molecule has 0 rings (SSSR count). The zero-order valence-corrected chi connectivity index (χ0v) is 7.17. The Morgan fingerprint density at radius 2 is 2.25 bits per heavy atom. The number of terminal acetylenes is 1. The molecule has 4 nitrogen and oxygen atoms in total. The lowest BCUT2D eigenvalue weighted by atomic mass is 10.0. The van der Waals surface area contributed by atoms with Gasteiger partial charge in [-0.1, -0.05) is 12.0 Å². The third-order valence-electron chi connectivity index (χ3n) is 1.11. The second kappa shape index (κ2) is 5.61. The second-order valence-electron chi connectivity index (χ2n) is 1.96. The fourth-order valence-electron chi connectivity index (χ4n) is 0.435. The van der Waals surface area contributed by atoms with Crippen molar-refractivity contribution in [1.82, 2.24) is 0 Å². The van der Waals surface area contributed by atoms with E-state index < -0.39 is 11.5 Å². The summed E-state index contributed by atoms with van der Waals surface area (Å²) in [7, 11) is 0. The highest BCUT2D eigenvalue weighted by molar-refractivity contribution is 5.85. The third kappa shape index (κ3) is 3.39. The maximum absolute atomic E-state index is 10.4. The quantitative estimate of drug-likeness (QED) is 0.407. The van der Waals surface area contributed by atoms with Gasteiger partial charge in [0, 0.05) is 6.54 Å². The summed E-state index contributed by atoms with van der Waals surface area (Å²) in [4.78, 5) is 10.4. The van der Waals surface area contributed by atoms with E-state index in [0.717, 1.165) is 0 Å². The van der Waals surface area contributed by atoms with Crippen LogP contribution < -0.4 is 11.5 Å². The van der Waals surface area contributed by atoms with Crippen LogP contribution in [-0.2, 0) is 4.79 Å². The summed E-state index contributed by atoms with van der Waals surface area (Å²) in [6.45, 7) is 0.216. The number of carbonyl (C=O) groups is 1. The van der Waals surface area contributed by atoms with Gasteiger partial charge < -0.3 is 16.6 Å². The second-order valence-corrected chi connectivity index (χ2v) is 1.96. The summed E-state index contributed by atoms with van der Waals surface area (Å²) in [5.74, 6) is 0.689. The molecule has 12 heavy (non-hydrogen) atoms. The molecule has 5 N–H and O–H groups in total. The molecule has 0 radical (unpaired) electrons. The Morgan fingerprint density at radius 3 is 2.50 bits per heavy atom. The van der Waals surface area contributed by atoms with E-state index in [1.807, 2.05) is 5.92 Å². The summed E-state index contributed by atoms with van der Waals surface area (Å²) in [6.07, 6.45) is 7.50. The van der Waals surface area contributed by atoms with Gasteiger partial charge in [-0.2, -0.15) is 0 Å². The number of halogens is 1. The van der Waals surface area contributed by atoms with Gasteiger partial charge in [-0.25, -0.2) is 4.79 Å². The number of nitrogens with two attached hydrogens (primary N) is 2. The Morgan fingerprint density at radius 1 is 1.75 bits per heavy atom. The van der Waals surface area contributed by atoms with Crippen LogP contribution >= 0.6 is 12.4 Å². The Balaban J connectivity index is 0. The van der Waals surface area contributed by atoms with Crippen LogP contribution in [0, 0.1) is 12.3 Å². The fraction of sp³-hybridized carbons (Fsp3) is 0.286. The van der Waals surface area contributed by atoms with E-state index in [4.69, 9.17) is 23.0 Å².